The minimum Gasteiger partial charge on any atom is -0.384 e. The Hall–Kier alpha value is -1.43. The SMILES string of the molecule is CCSc1cc2c(N)[nH]nc2nc1N. The average Bonchev–Trinajstić information content (AvgIpc) is 2.49. The summed E-state index contributed by atoms with van der Waals surface area (Å²) >= 11 is 1.64. The van der Waals surface area contributed by atoms with Crippen molar-refractivity contribution >= 4 is 34.4 Å². The highest BCUT2D eigenvalue weighted by Gasteiger charge is 2.08. The molecule has 5 N–H and O–H groups in total. The van der Waals surface area contributed by atoms with Crippen molar-refractivity contribution in [3.8, 4) is 0 Å². The first-order chi connectivity index (χ1) is 6.72. The van der Waals surface area contributed by atoms with Gasteiger partial charge in [0.05, 0.1) is 10.3 Å². The van der Waals surface area contributed by atoms with Crippen LogP contribution in [0.4, 0.5) is 11.6 Å². The van der Waals surface area contributed by atoms with Crippen molar-refractivity contribution in [2.45, 2.75) is 11.8 Å². The van der Waals surface area contributed by atoms with Crippen molar-refractivity contribution in [3.05, 3.63) is 6.07 Å². The van der Waals surface area contributed by atoms with Gasteiger partial charge in [-0.15, -0.1) is 11.8 Å². The quantitative estimate of drug-likeness (QED) is 0.647. The number of anilines is 2. The van der Waals surface area contributed by atoms with E-state index in [0.29, 0.717) is 17.3 Å². The molecule has 0 aliphatic heterocycles. The van der Waals surface area contributed by atoms with Crippen LogP contribution >= 0.6 is 11.8 Å². The lowest BCUT2D eigenvalue weighted by atomic mass is 10.3. The van der Waals surface area contributed by atoms with E-state index in [4.69, 9.17) is 11.5 Å². The van der Waals surface area contributed by atoms with Gasteiger partial charge in [-0.1, -0.05) is 6.92 Å². The number of nitrogens with one attached hydrogen (secondary N) is 1. The number of pyridine rings is 1. The minimum absolute atomic E-state index is 0.510. The standard InChI is InChI=1S/C8H11N5S/c1-2-14-5-3-4-6(9)12-13-8(4)11-7(5)10/h3H,2H2,1H3,(H5,9,10,11,12,13). The molecular formula is C8H11N5S. The first-order valence-corrected chi connectivity index (χ1v) is 5.23. The number of thioether (sulfide) groups is 1. The summed E-state index contributed by atoms with van der Waals surface area (Å²) < 4.78 is 0. The molecule has 2 heterocycles. The van der Waals surface area contributed by atoms with Crippen LogP contribution in [0.2, 0.25) is 0 Å². The summed E-state index contributed by atoms with van der Waals surface area (Å²) in [6.45, 7) is 2.06. The molecule has 0 fully saturated rings. The van der Waals surface area contributed by atoms with Gasteiger partial charge in [0, 0.05) is 0 Å². The summed E-state index contributed by atoms with van der Waals surface area (Å²) in [4.78, 5) is 5.10. The van der Waals surface area contributed by atoms with E-state index < -0.39 is 0 Å². The van der Waals surface area contributed by atoms with Crippen molar-refractivity contribution in [2.24, 2.45) is 0 Å². The van der Waals surface area contributed by atoms with Crippen LogP contribution < -0.4 is 11.5 Å². The minimum atomic E-state index is 0.510. The summed E-state index contributed by atoms with van der Waals surface area (Å²) in [7, 11) is 0. The van der Waals surface area contributed by atoms with Crippen LogP contribution in [0.25, 0.3) is 11.0 Å². The number of hydrogen-bond donors (Lipinski definition) is 3. The lowest BCUT2D eigenvalue weighted by Crippen LogP contribution is -1.94. The molecule has 0 spiro atoms. The molecule has 2 aromatic rings. The Kier molecular flexibility index (Phi) is 2.20. The second-order valence-electron chi connectivity index (χ2n) is 2.81. The van der Waals surface area contributed by atoms with Crippen LogP contribution in [0.5, 0.6) is 0 Å². The first-order valence-electron chi connectivity index (χ1n) is 4.25. The third-order valence-corrected chi connectivity index (χ3v) is 2.79. The van der Waals surface area contributed by atoms with Gasteiger partial charge in [-0.3, -0.25) is 5.10 Å². The number of aromatic amines is 1. The molecule has 0 atom stereocenters. The van der Waals surface area contributed by atoms with Gasteiger partial charge < -0.3 is 11.5 Å². The number of nitrogens with two attached hydrogens (primary N) is 2. The highest BCUT2D eigenvalue weighted by molar-refractivity contribution is 7.99. The number of H-pyrrole nitrogens is 1. The topological polar surface area (TPSA) is 93.6 Å². The van der Waals surface area contributed by atoms with Crippen molar-refractivity contribution in [3.63, 3.8) is 0 Å². The van der Waals surface area contributed by atoms with Gasteiger partial charge in [0.1, 0.15) is 11.6 Å². The van der Waals surface area contributed by atoms with Crippen molar-refractivity contribution < 1.29 is 0 Å². The zero-order valence-electron chi connectivity index (χ0n) is 7.74. The molecule has 0 aromatic carbocycles. The Morgan fingerprint density at radius 1 is 1.50 bits per heavy atom. The Morgan fingerprint density at radius 3 is 3.00 bits per heavy atom. The van der Waals surface area contributed by atoms with E-state index >= 15 is 0 Å². The molecule has 0 saturated carbocycles. The van der Waals surface area contributed by atoms with E-state index in [9.17, 15) is 0 Å². The average molecular weight is 209 g/mol. The molecule has 0 unspecified atom stereocenters. The van der Waals surface area contributed by atoms with E-state index in [1.165, 1.54) is 0 Å². The third kappa shape index (κ3) is 1.37. The zero-order chi connectivity index (χ0) is 10.1. The van der Waals surface area contributed by atoms with E-state index in [1.54, 1.807) is 11.8 Å². The molecule has 0 amide bonds. The zero-order valence-corrected chi connectivity index (χ0v) is 8.56. The van der Waals surface area contributed by atoms with Crippen molar-refractivity contribution in [1.82, 2.24) is 15.2 Å². The summed E-state index contributed by atoms with van der Waals surface area (Å²) in [6.07, 6.45) is 0. The molecule has 0 aliphatic rings. The number of hydrogen-bond acceptors (Lipinski definition) is 5. The maximum Gasteiger partial charge on any atom is 0.185 e. The molecule has 0 aliphatic carbocycles. The Bertz CT molecular complexity index is 464. The number of nitrogens with zero attached hydrogens (tertiary/aromatic N) is 2. The molecule has 14 heavy (non-hydrogen) atoms. The van der Waals surface area contributed by atoms with Crippen LogP contribution in [0.3, 0.4) is 0 Å². The largest absolute Gasteiger partial charge is 0.384 e. The summed E-state index contributed by atoms with van der Waals surface area (Å²) in [5, 5.41) is 7.43. The van der Waals surface area contributed by atoms with Crippen molar-refractivity contribution in [2.75, 3.05) is 17.2 Å². The van der Waals surface area contributed by atoms with Gasteiger partial charge in [0.2, 0.25) is 0 Å². The van der Waals surface area contributed by atoms with Crippen LogP contribution in [-0.4, -0.2) is 20.9 Å². The van der Waals surface area contributed by atoms with Crippen molar-refractivity contribution in [1.29, 1.82) is 0 Å². The molecule has 2 rings (SSSR count). The van der Waals surface area contributed by atoms with E-state index in [-0.39, 0.29) is 0 Å². The van der Waals surface area contributed by atoms with E-state index in [1.807, 2.05) is 6.07 Å². The number of fused-ring (bicyclic) bond motifs is 1. The molecule has 74 valence electrons. The molecule has 0 saturated heterocycles. The fraction of sp³-hybridized carbons (Fsp3) is 0.250. The predicted octanol–water partition coefficient (Wildman–Crippen LogP) is 1.23. The molecule has 5 nitrogen and oxygen atoms in total. The van der Waals surface area contributed by atoms with Gasteiger partial charge in [0.15, 0.2) is 5.65 Å². The van der Waals surface area contributed by atoms with Gasteiger partial charge in [-0.25, -0.2) is 4.98 Å². The molecular weight excluding hydrogens is 198 g/mol. The van der Waals surface area contributed by atoms with E-state index in [0.717, 1.165) is 16.0 Å². The van der Waals surface area contributed by atoms with Crippen LogP contribution in [0.15, 0.2) is 11.0 Å². The van der Waals surface area contributed by atoms with Gasteiger partial charge in [-0.2, -0.15) is 5.10 Å². The fourth-order valence-electron chi connectivity index (χ4n) is 1.23. The Morgan fingerprint density at radius 2 is 2.29 bits per heavy atom. The normalized spacial score (nSPS) is 10.9. The second-order valence-corrected chi connectivity index (χ2v) is 4.12. The molecule has 0 bridgehead atoms. The molecule has 0 radical (unpaired) electrons. The first kappa shape index (κ1) is 9.14. The Labute approximate surface area is 85.3 Å². The van der Waals surface area contributed by atoms with Crippen LogP contribution in [0.1, 0.15) is 6.92 Å². The third-order valence-electron chi connectivity index (χ3n) is 1.87. The fourth-order valence-corrected chi connectivity index (χ4v) is 1.93. The van der Waals surface area contributed by atoms with Gasteiger partial charge in [-0.05, 0) is 11.8 Å². The summed E-state index contributed by atoms with van der Waals surface area (Å²) in [5.74, 6) is 2.00. The predicted molar refractivity (Wildman–Crippen MR) is 59.1 cm³/mol. The lowest BCUT2D eigenvalue weighted by Gasteiger charge is -2.01. The Balaban J connectivity index is 2.61. The monoisotopic (exact) mass is 209 g/mol. The lowest BCUT2D eigenvalue weighted by molar-refractivity contribution is 1.10. The number of nitrogen functional groups attached to an aromatic ring is 2. The maximum absolute atomic E-state index is 5.76. The molecule has 2 aromatic heterocycles. The highest BCUT2D eigenvalue weighted by atomic mass is 32.2. The van der Waals surface area contributed by atoms with Crippen LogP contribution in [-0.2, 0) is 0 Å². The number of rotatable bonds is 2. The van der Waals surface area contributed by atoms with Gasteiger partial charge in [0.25, 0.3) is 0 Å². The maximum atomic E-state index is 5.76. The van der Waals surface area contributed by atoms with Crippen LogP contribution in [0, 0.1) is 0 Å². The smallest absolute Gasteiger partial charge is 0.185 e. The van der Waals surface area contributed by atoms with E-state index in [2.05, 4.69) is 22.1 Å². The summed E-state index contributed by atoms with van der Waals surface area (Å²) in [5.41, 5.74) is 12.0. The second kappa shape index (κ2) is 3.38. The highest BCUT2D eigenvalue weighted by Crippen LogP contribution is 2.28. The van der Waals surface area contributed by atoms with Gasteiger partial charge >= 0.3 is 0 Å². The molecule has 6 heteroatoms. The number of aromatic nitrogens is 3. The summed E-state index contributed by atoms with van der Waals surface area (Å²) in [6, 6.07) is 1.92.